The third-order valence-corrected chi connectivity index (χ3v) is 3.10. The Balaban J connectivity index is 2.10. The number of nitriles is 1. The third kappa shape index (κ3) is 4.10. The van der Waals surface area contributed by atoms with E-state index in [0.29, 0.717) is 30.0 Å². The van der Waals surface area contributed by atoms with Gasteiger partial charge >= 0.3 is 0 Å². The number of hydrogen-bond acceptors (Lipinski definition) is 3. The molecular weight excluding hydrogens is 276 g/mol. The molecular formula is C18H18N2O2. The number of carbonyl (C=O) groups is 1. The van der Waals surface area contributed by atoms with Crippen LogP contribution < -0.4 is 10.1 Å². The molecule has 0 saturated heterocycles. The number of carbonyl (C=O) groups excluding carboxylic acids is 1. The maximum Gasteiger partial charge on any atom is 0.255 e. The number of nitrogens with one attached hydrogen (secondary N) is 1. The quantitative estimate of drug-likeness (QED) is 0.881. The molecule has 4 nitrogen and oxygen atoms in total. The fraction of sp³-hybridized carbons (Fsp3) is 0.222. The topological polar surface area (TPSA) is 62.1 Å². The molecule has 0 aliphatic carbocycles. The first-order chi connectivity index (χ1) is 10.7. The van der Waals surface area contributed by atoms with Gasteiger partial charge in [0, 0.05) is 5.56 Å². The largest absolute Gasteiger partial charge is 0.491 e. The van der Waals surface area contributed by atoms with E-state index >= 15 is 0 Å². The monoisotopic (exact) mass is 294 g/mol. The Labute approximate surface area is 130 Å². The van der Waals surface area contributed by atoms with Crippen molar-refractivity contribution < 1.29 is 9.53 Å². The van der Waals surface area contributed by atoms with Crippen LogP contribution in [0.3, 0.4) is 0 Å². The van der Waals surface area contributed by atoms with Gasteiger partial charge in [0.15, 0.2) is 0 Å². The molecule has 112 valence electrons. The van der Waals surface area contributed by atoms with E-state index in [1.807, 2.05) is 31.2 Å². The molecule has 0 saturated carbocycles. The van der Waals surface area contributed by atoms with Crippen LogP contribution >= 0.6 is 0 Å². The predicted molar refractivity (Wildman–Crippen MR) is 85.9 cm³/mol. The Morgan fingerprint density at radius 3 is 2.59 bits per heavy atom. The number of anilines is 1. The van der Waals surface area contributed by atoms with Gasteiger partial charge in [-0.25, -0.2) is 0 Å². The third-order valence-electron chi connectivity index (χ3n) is 3.10. The lowest BCUT2D eigenvalue weighted by molar-refractivity contribution is 0.102. The van der Waals surface area contributed by atoms with E-state index in [2.05, 4.69) is 11.4 Å². The summed E-state index contributed by atoms with van der Waals surface area (Å²) in [5, 5.41) is 11.5. The molecule has 0 aliphatic heterocycles. The van der Waals surface area contributed by atoms with Gasteiger partial charge in [0.05, 0.1) is 24.8 Å². The number of amides is 1. The predicted octanol–water partition coefficient (Wildman–Crippen LogP) is 3.79. The van der Waals surface area contributed by atoms with Crippen LogP contribution in [0.25, 0.3) is 0 Å². The van der Waals surface area contributed by atoms with Gasteiger partial charge in [0.1, 0.15) is 5.75 Å². The van der Waals surface area contributed by atoms with Crippen molar-refractivity contribution in [2.45, 2.75) is 19.8 Å². The van der Waals surface area contributed by atoms with Crippen molar-refractivity contribution in [3.05, 3.63) is 59.7 Å². The van der Waals surface area contributed by atoms with Gasteiger partial charge in [-0.05, 0) is 36.2 Å². The molecule has 0 aromatic heterocycles. The molecule has 0 aliphatic rings. The van der Waals surface area contributed by atoms with Gasteiger partial charge in [-0.3, -0.25) is 4.79 Å². The summed E-state index contributed by atoms with van der Waals surface area (Å²) in [6.07, 6.45) is 1.25. The summed E-state index contributed by atoms with van der Waals surface area (Å²) in [7, 11) is 0. The van der Waals surface area contributed by atoms with Crippen LogP contribution in [0.15, 0.2) is 48.5 Å². The normalized spacial score (nSPS) is 9.82. The lowest BCUT2D eigenvalue weighted by atomic mass is 10.1. The molecule has 0 heterocycles. The molecule has 1 N–H and O–H groups in total. The zero-order valence-electron chi connectivity index (χ0n) is 12.5. The Morgan fingerprint density at radius 1 is 1.18 bits per heavy atom. The number of para-hydroxylation sites is 2. The van der Waals surface area contributed by atoms with Crippen molar-refractivity contribution in [3.63, 3.8) is 0 Å². The minimum absolute atomic E-state index is 0.198. The zero-order valence-corrected chi connectivity index (χ0v) is 12.5. The van der Waals surface area contributed by atoms with Gasteiger partial charge in [-0.15, -0.1) is 0 Å². The second-order valence-corrected chi connectivity index (χ2v) is 4.83. The highest BCUT2D eigenvalue weighted by Gasteiger charge is 2.09. The van der Waals surface area contributed by atoms with Crippen LogP contribution in [0.4, 0.5) is 5.69 Å². The molecule has 2 rings (SSSR count). The van der Waals surface area contributed by atoms with Crippen molar-refractivity contribution in [3.8, 4) is 11.8 Å². The van der Waals surface area contributed by atoms with Crippen LogP contribution in [0, 0.1) is 11.3 Å². The zero-order chi connectivity index (χ0) is 15.8. The second-order valence-electron chi connectivity index (χ2n) is 4.83. The Morgan fingerprint density at radius 2 is 1.91 bits per heavy atom. The van der Waals surface area contributed by atoms with Crippen LogP contribution in [-0.2, 0) is 6.42 Å². The van der Waals surface area contributed by atoms with E-state index in [0.717, 1.165) is 12.0 Å². The van der Waals surface area contributed by atoms with E-state index in [-0.39, 0.29) is 5.91 Å². The molecule has 2 aromatic carbocycles. The Bertz CT molecular complexity index is 672. The molecule has 2 aromatic rings. The minimum Gasteiger partial charge on any atom is -0.491 e. The van der Waals surface area contributed by atoms with Gasteiger partial charge in [-0.1, -0.05) is 31.2 Å². The van der Waals surface area contributed by atoms with Gasteiger partial charge in [-0.2, -0.15) is 5.26 Å². The molecule has 4 heteroatoms. The number of rotatable bonds is 6. The number of nitrogens with zero attached hydrogens (tertiary/aromatic N) is 1. The molecule has 1 amide bonds. The van der Waals surface area contributed by atoms with E-state index < -0.39 is 0 Å². The average Bonchev–Trinajstić information content (AvgIpc) is 2.55. The van der Waals surface area contributed by atoms with Crippen LogP contribution in [0.1, 0.15) is 29.3 Å². The highest BCUT2D eigenvalue weighted by Crippen LogP contribution is 2.24. The Kier molecular flexibility index (Phi) is 5.56. The van der Waals surface area contributed by atoms with Crippen LogP contribution in [0.5, 0.6) is 5.75 Å². The smallest absolute Gasteiger partial charge is 0.255 e. The van der Waals surface area contributed by atoms with Crippen LogP contribution in [-0.4, -0.2) is 12.5 Å². The maximum absolute atomic E-state index is 12.3. The molecule has 0 spiro atoms. The fourth-order valence-electron chi connectivity index (χ4n) is 1.97. The molecule has 0 bridgehead atoms. The molecule has 22 heavy (non-hydrogen) atoms. The van der Waals surface area contributed by atoms with Crippen molar-refractivity contribution in [1.29, 1.82) is 5.26 Å². The van der Waals surface area contributed by atoms with Crippen molar-refractivity contribution in [2.75, 3.05) is 11.9 Å². The first-order valence-corrected chi connectivity index (χ1v) is 7.23. The lowest BCUT2D eigenvalue weighted by Gasteiger charge is -2.12. The van der Waals surface area contributed by atoms with Gasteiger partial charge < -0.3 is 10.1 Å². The molecule has 0 radical (unpaired) electrons. The standard InChI is InChI=1S/C18H18N2O2/c1-2-13-22-17-6-4-3-5-16(17)20-18(21)15-9-7-14(8-10-15)11-12-19/h3-10H,2,11,13H2,1H3,(H,20,21). The Hall–Kier alpha value is -2.80. The summed E-state index contributed by atoms with van der Waals surface area (Å²) in [5.74, 6) is 0.467. The van der Waals surface area contributed by atoms with E-state index in [4.69, 9.17) is 10.00 Å². The first-order valence-electron chi connectivity index (χ1n) is 7.23. The summed E-state index contributed by atoms with van der Waals surface area (Å²) in [4.78, 5) is 12.3. The minimum atomic E-state index is -0.198. The van der Waals surface area contributed by atoms with Gasteiger partial charge in [0.2, 0.25) is 0 Å². The average molecular weight is 294 g/mol. The summed E-state index contributed by atoms with van der Waals surface area (Å²) in [6.45, 7) is 2.64. The lowest BCUT2D eigenvalue weighted by Crippen LogP contribution is -2.13. The van der Waals surface area contributed by atoms with E-state index in [1.54, 1.807) is 24.3 Å². The number of hydrogen-bond donors (Lipinski definition) is 1. The maximum atomic E-state index is 12.3. The summed E-state index contributed by atoms with van der Waals surface area (Å²) in [5.41, 5.74) is 2.10. The molecule has 0 unspecified atom stereocenters. The molecule has 0 atom stereocenters. The van der Waals surface area contributed by atoms with Crippen molar-refractivity contribution in [1.82, 2.24) is 0 Å². The highest BCUT2D eigenvalue weighted by atomic mass is 16.5. The number of ether oxygens (including phenoxy) is 1. The highest BCUT2D eigenvalue weighted by molar-refractivity contribution is 6.05. The first kappa shape index (κ1) is 15.6. The second kappa shape index (κ2) is 7.84. The SMILES string of the molecule is CCCOc1ccccc1NC(=O)c1ccc(CC#N)cc1. The summed E-state index contributed by atoms with van der Waals surface area (Å²) in [6, 6.07) is 16.5. The molecule has 0 fully saturated rings. The summed E-state index contributed by atoms with van der Waals surface area (Å²) < 4.78 is 5.62. The number of benzene rings is 2. The van der Waals surface area contributed by atoms with Gasteiger partial charge in [0.25, 0.3) is 5.91 Å². The summed E-state index contributed by atoms with van der Waals surface area (Å²) >= 11 is 0. The van der Waals surface area contributed by atoms with Crippen molar-refractivity contribution >= 4 is 11.6 Å². The van der Waals surface area contributed by atoms with Crippen LogP contribution in [0.2, 0.25) is 0 Å². The van der Waals surface area contributed by atoms with E-state index in [9.17, 15) is 4.79 Å². The van der Waals surface area contributed by atoms with E-state index in [1.165, 1.54) is 0 Å². The fourth-order valence-corrected chi connectivity index (χ4v) is 1.97. The van der Waals surface area contributed by atoms with Crippen molar-refractivity contribution in [2.24, 2.45) is 0 Å².